The van der Waals surface area contributed by atoms with E-state index in [1.807, 2.05) is 0 Å². The van der Waals surface area contributed by atoms with Gasteiger partial charge in [-0.15, -0.1) is 5.10 Å². The van der Waals surface area contributed by atoms with Crippen molar-refractivity contribution in [3.63, 3.8) is 0 Å². The Morgan fingerprint density at radius 1 is 1.44 bits per heavy atom. The lowest BCUT2D eigenvalue weighted by Gasteiger charge is -2.04. The molecule has 2 rings (SSSR count). The average molecular weight is 238 g/mol. The molecular formula is C9H8ClN5O. The second kappa shape index (κ2) is 4.19. The van der Waals surface area contributed by atoms with Crippen molar-refractivity contribution in [1.82, 2.24) is 15.2 Å². The predicted octanol–water partition coefficient (Wildman–Crippen LogP) is 1.14. The molecule has 2 aromatic rings. The van der Waals surface area contributed by atoms with Crippen molar-refractivity contribution in [1.29, 1.82) is 0 Å². The molecular weight excluding hydrogens is 230 g/mol. The minimum absolute atomic E-state index is 0.139. The van der Waals surface area contributed by atoms with Gasteiger partial charge < -0.3 is 11.1 Å². The summed E-state index contributed by atoms with van der Waals surface area (Å²) in [5.74, 6) is 0.0684. The van der Waals surface area contributed by atoms with E-state index in [4.69, 9.17) is 17.3 Å². The first kappa shape index (κ1) is 10.4. The van der Waals surface area contributed by atoms with Gasteiger partial charge in [0.1, 0.15) is 0 Å². The van der Waals surface area contributed by atoms with E-state index in [0.29, 0.717) is 10.7 Å². The van der Waals surface area contributed by atoms with Crippen LogP contribution in [0.5, 0.6) is 0 Å². The number of hydrogen-bond acceptors (Lipinski definition) is 5. The molecule has 16 heavy (non-hydrogen) atoms. The Morgan fingerprint density at radius 2 is 2.25 bits per heavy atom. The van der Waals surface area contributed by atoms with Crippen LogP contribution in [0.3, 0.4) is 0 Å². The molecule has 0 aliphatic heterocycles. The van der Waals surface area contributed by atoms with Crippen LogP contribution >= 0.6 is 11.6 Å². The van der Waals surface area contributed by atoms with Gasteiger partial charge in [0.15, 0.2) is 5.82 Å². The summed E-state index contributed by atoms with van der Waals surface area (Å²) in [6.45, 7) is 0. The summed E-state index contributed by atoms with van der Waals surface area (Å²) in [4.78, 5) is 14.7. The summed E-state index contributed by atoms with van der Waals surface area (Å²) in [5.41, 5.74) is 5.53. The van der Waals surface area contributed by atoms with E-state index < -0.39 is 5.56 Å². The Kier molecular flexibility index (Phi) is 2.74. The minimum Gasteiger partial charge on any atom is -0.379 e. The van der Waals surface area contributed by atoms with Gasteiger partial charge in [0.05, 0.1) is 0 Å². The van der Waals surface area contributed by atoms with Gasteiger partial charge in [-0.3, -0.25) is 4.79 Å². The fraction of sp³-hybridized carbons (Fsp3) is 0. The smallest absolute Gasteiger partial charge is 0.306 e. The van der Waals surface area contributed by atoms with Gasteiger partial charge in [-0.2, -0.15) is 4.98 Å². The van der Waals surface area contributed by atoms with Crippen LogP contribution in [0.15, 0.2) is 29.1 Å². The van der Waals surface area contributed by atoms with E-state index in [1.165, 1.54) is 0 Å². The van der Waals surface area contributed by atoms with E-state index in [1.54, 1.807) is 24.3 Å². The van der Waals surface area contributed by atoms with Gasteiger partial charge >= 0.3 is 5.56 Å². The standard InChI is InChI=1S/C9H8ClN5O/c10-5-2-1-3-6(4-5)12-9-13-7(11)8(16)14-15-9/h1-4H,(H,14,16)(H3,11,12,13,15). The number of nitrogen functional groups attached to an aromatic ring is 1. The molecule has 0 aliphatic rings. The van der Waals surface area contributed by atoms with Crippen LogP contribution < -0.4 is 16.6 Å². The number of nitrogens with zero attached hydrogens (tertiary/aromatic N) is 2. The highest BCUT2D eigenvalue weighted by atomic mass is 35.5. The number of nitrogens with one attached hydrogen (secondary N) is 2. The summed E-state index contributed by atoms with van der Waals surface area (Å²) in [6, 6.07) is 7.01. The lowest BCUT2D eigenvalue weighted by atomic mass is 10.3. The molecule has 0 atom stereocenters. The maximum atomic E-state index is 10.9. The molecule has 6 nitrogen and oxygen atoms in total. The van der Waals surface area contributed by atoms with Crippen molar-refractivity contribution in [3.05, 3.63) is 39.6 Å². The molecule has 0 fully saturated rings. The Hall–Kier alpha value is -2.08. The number of anilines is 3. The molecule has 0 amide bonds. The molecule has 0 aliphatic carbocycles. The zero-order chi connectivity index (χ0) is 11.5. The van der Waals surface area contributed by atoms with Gasteiger partial charge in [0.25, 0.3) is 0 Å². The van der Waals surface area contributed by atoms with Gasteiger partial charge in [-0.1, -0.05) is 17.7 Å². The van der Waals surface area contributed by atoms with Crippen molar-refractivity contribution in [2.75, 3.05) is 11.1 Å². The first-order valence-corrected chi connectivity index (χ1v) is 4.78. The number of benzene rings is 1. The van der Waals surface area contributed by atoms with Gasteiger partial charge in [-0.05, 0) is 18.2 Å². The summed E-state index contributed by atoms with van der Waals surface area (Å²) in [5, 5.41) is 9.34. The maximum absolute atomic E-state index is 10.9. The van der Waals surface area contributed by atoms with E-state index >= 15 is 0 Å². The number of hydrogen-bond donors (Lipinski definition) is 3. The number of aromatic nitrogens is 3. The van der Waals surface area contributed by atoms with Gasteiger partial charge in [-0.25, -0.2) is 5.10 Å². The molecule has 0 radical (unpaired) electrons. The molecule has 7 heteroatoms. The normalized spacial score (nSPS) is 10.1. The van der Waals surface area contributed by atoms with Gasteiger partial charge in [0.2, 0.25) is 5.95 Å². The Bertz CT molecular complexity index is 568. The first-order valence-electron chi connectivity index (χ1n) is 4.40. The van der Waals surface area contributed by atoms with Crippen LogP contribution in [0, 0.1) is 0 Å². The molecule has 1 aromatic carbocycles. The van der Waals surface area contributed by atoms with Crippen molar-refractivity contribution < 1.29 is 0 Å². The summed E-state index contributed by atoms with van der Waals surface area (Å²) < 4.78 is 0. The topological polar surface area (TPSA) is 96.7 Å². The number of nitrogens with two attached hydrogens (primary N) is 1. The lowest BCUT2D eigenvalue weighted by molar-refractivity contribution is 0.948. The molecule has 1 aromatic heterocycles. The van der Waals surface area contributed by atoms with E-state index in [2.05, 4.69) is 20.5 Å². The number of halogens is 1. The highest BCUT2D eigenvalue weighted by Gasteiger charge is 2.01. The zero-order valence-electron chi connectivity index (χ0n) is 8.07. The molecule has 0 unspecified atom stereocenters. The van der Waals surface area contributed by atoms with E-state index in [-0.39, 0.29) is 11.8 Å². The van der Waals surface area contributed by atoms with E-state index in [9.17, 15) is 4.79 Å². The highest BCUT2D eigenvalue weighted by Crippen LogP contribution is 2.17. The maximum Gasteiger partial charge on any atom is 0.306 e. The number of H-pyrrole nitrogens is 1. The summed E-state index contributed by atoms with van der Waals surface area (Å²) in [7, 11) is 0. The molecule has 0 saturated carbocycles. The van der Waals surface area contributed by atoms with E-state index in [0.717, 1.165) is 0 Å². The number of aromatic amines is 1. The van der Waals surface area contributed by atoms with Crippen molar-refractivity contribution in [2.24, 2.45) is 0 Å². The first-order chi connectivity index (χ1) is 7.65. The van der Waals surface area contributed by atoms with Crippen molar-refractivity contribution in [3.8, 4) is 0 Å². The average Bonchev–Trinajstić information content (AvgIpc) is 2.24. The third kappa shape index (κ3) is 2.29. The van der Waals surface area contributed by atoms with Crippen molar-refractivity contribution >= 4 is 29.1 Å². The highest BCUT2D eigenvalue weighted by molar-refractivity contribution is 6.30. The quantitative estimate of drug-likeness (QED) is 0.728. The number of rotatable bonds is 2. The molecule has 0 saturated heterocycles. The Morgan fingerprint density at radius 3 is 2.94 bits per heavy atom. The SMILES string of the molecule is Nc1nc(Nc2cccc(Cl)c2)n[nH]c1=O. The molecule has 82 valence electrons. The third-order valence-electron chi connectivity index (χ3n) is 1.80. The lowest BCUT2D eigenvalue weighted by Crippen LogP contribution is -2.16. The largest absolute Gasteiger partial charge is 0.379 e. The van der Waals surface area contributed by atoms with Crippen LogP contribution in [0.25, 0.3) is 0 Å². The molecule has 0 bridgehead atoms. The monoisotopic (exact) mass is 237 g/mol. The molecule has 0 spiro atoms. The van der Waals surface area contributed by atoms with Crippen LogP contribution in [-0.4, -0.2) is 15.2 Å². The molecule has 4 N–H and O–H groups in total. The summed E-state index contributed by atoms with van der Waals surface area (Å²) >= 11 is 5.80. The Labute approximate surface area is 95.5 Å². The van der Waals surface area contributed by atoms with Crippen LogP contribution in [0.2, 0.25) is 5.02 Å². The second-order valence-electron chi connectivity index (χ2n) is 3.01. The fourth-order valence-electron chi connectivity index (χ4n) is 1.10. The zero-order valence-corrected chi connectivity index (χ0v) is 8.82. The Balaban J connectivity index is 2.27. The third-order valence-corrected chi connectivity index (χ3v) is 2.04. The molecule has 1 heterocycles. The summed E-state index contributed by atoms with van der Waals surface area (Å²) in [6.07, 6.45) is 0. The van der Waals surface area contributed by atoms with Crippen molar-refractivity contribution in [2.45, 2.75) is 0 Å². The van der Waals surface area contributed by atoms with Crippen LogP contribution in [0.4, 0.5) is 17.5 Å². The van der Waals surface area contributed by atoms with Crippen LogP contribution in [-0.2, 0) is 0 Å². The van der Waals surface area contributed by atoms with Crippen LogP contribution in [0.1, 0.15) is 0 Å². The van der Waals surface area contributed by atoms with Gasteiger partial charge in [0, 0.05) is 10.7 Å². The fourth-order valence-corrected chi connectivity index (χ4v) is 1.29. The minimum atomic E-state index is -0.517. The predicted molar refractivity (Wildman–Crippen MR) is 61.8 cm³/mol. The second-order valence-corrected chi connectivity index (χ2v) is 3.45.